The zero-order valence-electron chi connectivity index (χ0n) is 11.8. The Morgan fingerprint density at radius 1 is 1.32 bits per heavy atom. The highest BCUT2D eigenvalue weighted by Gasteiger charge is 2.41. The third kappa shape index (κ3) is 3.96. The van der Waals surface area contributed by atoms with E-state index in [1.54, 1.807) is 0 Å². The van der Waals surface area contributed by atoms with Crippen molar-refractivity contribution in [3.8, 4) is 0 Å². The number of guanidine groups is 1. The second kappa shape index (κ2) is 6.06. The normalized spacial score (nSPS) is 17.1. The predicted molar refractivity (Wildman–Crippen MR) is 78.0 cm³/mol. The molecular weight excluding hydrogens is 238 g/mol. The van der Waals surface area contributed by atoms with Gasteiger partial charge >= 0.3 is 0 Å². The second-order valence-corrected chi connectivity index (χ2v) is 5.53. The Morgan fingerprint density at radius 2 is 2.00 bits per heavy atom. The summed E-state index contributed by atoms with van der Waals surface area (Å²) >= 11 is 0. The maximum atomic E-state index is 9.32. The quantitative estimate of drug-likeness (QED) is 0.623. The van der Waals surface area contributed by atoms with Crippen molar-refractivity contribution in [1.29, 1.82) is 0 Å². The summed E-state index contributed by atoms with van der Waals surface area (Å²) in [5.74, 6) is 0.878. The molecule has 0 spiro atoms. The molecule has 1 aromatic rings. The van der Waals surface area contributed by atoms with Crippen molar-refractivity contribution in [1.82, 2.24) is 10.2 Å². The number of rotatable bonds is 5. The smallest absolute Gasteiger partial charge is 0.193 e. The summed E-state index contributed by atoms with van der Waals surface area (Å²) in [5, 5.41) is 12.7. The van der Waals surface area contributed by atoms with Crippen molar-refractivity contribution >= 4 is 5.96 Å². The van der Waals surface area contributed by atoms with Crippen LogP contribution in [0.5, 0.6) is 0 Å². The number of aliphatic imine (C=N–C) groups is 1. The fraction of sp³-hybridized carbons (Fsp3) is 0.533. The third-order valence-electron chi connectivity index (χ3n) is 3.59. The molecule has 0 heterocycles. The summed E-state index contributed by atoms with van der Waals surface area (Å²) in [6.45, 7) is 1.74. The Balaban J connectivity index is 1.92. The number of nitrogens with one attached hydrogen (secondary N) is 1. The standard InChI is InChI=1S/C15H23N3O/c1-18(2)14(17-11-15(12-19)8-9-15)16-10-13-6-4-3-5-7-13/h3-7,19H,8-12H2,1-2H3,(H,16,17). The van der Waals surface area contributed by atoms with Crippen LogP contribution in [0.1, 0.15) is 18.4 Å². The summed E-state index contributed by atoms with van der Waals surface area (Å²) in [6.07, 6.45) is 2.21. The van der Waals surface area contributed by atoms with Crippen molar-refractivity contribution in [2.45, 2.75) is 19.4 Å². The van der Waals surface area contributed by atoms with E-state index in [2.05, 4.69) is 22.4 Å². The van der Waals surface area contributed by atoms with Crippen LogP contribution in [-0.4, -0.2) is 43.2 Å². The first-order valence-corrected chi connectivity index (χ1v) is 6.76. The van der Waals surface area contributed by atoms with Crippen molar-refractivity contribution in [2.75, 3.05) is 27.2 Å². The van der Waals surface area contributed by atoms with Crippen molar-refractivity contribution < 1.29 is 5.11 Å². The van der Waals surface area contributed by atoms with E-state index < -0.39 is 0 Å². The summed E-state index contributed by atoms with van der Waals surface area (Å²) in [6, 6.07) is 10.2. The highest BCUT2D eigenvalue weighted by molar-refractivity contribution is 5.79. The van der Waals surface area contributed by atoms with Gasteiger partial charge in [0.25, 0.3) is 0 Å². The Morgan fingerprint density at radius 3 is 2.53 bits per heavy atom. The summed E-state index contributed by atoms with van der Waals surface area (Å²) in [4.78, 5) is 6.59. The Kier molecular flexibility index (Phi) is 4.43. The number of benzene rings is 1. The van der Waals surface area contributed by atoms with Crippen LogP contribution in [0.15, 0.2) is 35.3 Å². The molecule has 4 nitrogen and oxygen atoms in total. The van der Waals surface area contributed by atoms with Crippen molar-refractivity contribution in [3.05, 3.63) is 35.9 Å². The first-order chi connectivity index (χ1) is 9.15. The topological polar surface area (TPSA) is 47.9 Å². The molecule has 1 aliphatic carbocycles. The molecule has 1 saturated carbocycles. The fourth-order valence-electron chi connectivity index (χ4n) is 1.94. The number of aliphatic hydroxyl groups excluding tert-OH is 1. The molecule has 0 aliphatic heterocycles. The largest absolute Gasteiger partial charge is 0.396 e. The number of nitrogens with zero attached hydrogens (tertiary/aromatic N) is 2. The first kappa shape index (κ1) is 13.9. The first-order valence-electron chi connectivity index (χ1n) is 6.76. The molecule has 19 heavy (non-hydrogen) atoms. The number of hydrogen-bond donors (Lipinski definition) is 2. The van der Waals surface area contributed by atoms with E-state index in [4.69, 9.17) is 0 Å². The minimum Gasteiger partial charge on any atom is -0.396 e. The molecule has 104 valence electrons. The molecular formula is C15H23N3O. The van der Waals surface area contributed by atoms with Gasteiger partial charge in [-0.15, -0.1) is 0 Å². The summed E-state index contributed by atoms with van der Waals surface area (Å²) in [7, 11) is 3.96. The van der Waals surface area contributed by atoms with Gasteiger partial charge in [0.1, 0.15) is 0 Å². The highest BCUT2D eigenvalue weighted by Crippen LogP contribution is 2.44. The van der Waals surface area contributed by atoms with E-state index in [1.165, 1.54) is 5.56 Å². The maximum absolute atomic E-state index is 9.32. The van der Waals surface area contributed by atoms with Gasteiger partial charge in [-0.1, -0.05) is 30.3 Å². The Labute approximate surface area is 115 Å². The molecule has 0 bridgehead atoms. The molecule has 0 saturated heterocycles. The van der Waals surface area contributed by atoms with Crippen molar-refractivity contribution in [2.24, 2.45) is 10.4 Å². The van der Waals surface area contributed by atoms with E-state index in [1.807, 2.05) is 37.2 Å². The average Bonchev–Trinajstić information content (AvgIpc) is 3.20. The molecule has 2 rings (SSSR count). The lowest BCUT2D eigenvalue weighted by Gasteiger charge is -2.20. The van der Waals surface area contributed by atoms with Gasteiger partial charge in [0.15, 0.2) is 5.96 Å². The Hall–Kier alpha value is -1.55. The fourth-order valence-corrected chi connectivity index (χ4v) is 1.94. The van der Waals surface area contributed by atoms with Crippen LogP contribution in [-0.2, 0) is 6.54 Å². The predicted octanol–water partition coefficient (Wildman–Crippen LogP) is 1.47. The van der Waals surface area contributed by atoms with Crippen molar-refractivity contribution in [3.63, 3.8) is 0 Å². The van der Waals surface area contributed by atoms with E-state index in [9.17, 15) is 5.11 Å². The van der Waals surface area contributed by atoms with Gasteiger partial charge in [-0.05, 0) is 18.4 Å². The number of aliphatic hydroxyl groups is 1. The van der Waals surface area contributed by atoms with Gasteiger partial charge in [0.05, 0.1) is 13.2 Å². The molecule has 2 N–H and O–H groups in total. The van der Waals surface area contributed by atoms with E-state index in [0.29, 0.717) is 6.54 Å². The molecule has 0 radical (unpaired) electrons. The molecule has 1 aromatic carbocycles. The lowest BCUT2D eigenvalue weighted by Crippen LogP contribution is -2.40. The van der Waals surface area contributed by atoms with Gasteiger partial charge in [-0.3, -0.25) is 0 Å². The van der Waals surface area contributed by atoms with Crippen LogP contribution in [0.4, 0.5) is 0 Å². The van der Waals surface area contributed by atoms with E-state index >= 15 is 0 Å². The SMILES string of the molecule is CN(C)C(=NCc1ccccc1)NCC1(CO)CC1. The maximum Gasteiger partial charge on any atom is 0.193 e. The van der Waals surface area contributed by atoms with Gasteiger partial charge in [0, 0.05) is 26.1 Å². The lowest BCUT2D eigenvalue weighted by molar-refractivity contribution is 0.212. The van der Waals surface area contributed by atoms with Crippen LogP contribution in [0, 0.1) is 5.41 Å². The molecule has 0 atom stereocenters. The summed E-state index contributed by atoms with van der Waals surface area (Å²) in [5.41, 5.74) is 1.30. The molecule has 0 unspecified atom stereocenters. The van der Waals surface area contributed by atoms with Gasteiger partial charge in [-0.25, -0.2) is 4.99 Å². The summed E-state index contributed by atoms with van der Waals surface area (Å²) < 4.78 is 0. The third-order valence-corrected chi connectivity index (χ3v) is 3.59. The van der Waals surface area contributed by atoms with Gasteiger partial charge in [-0.2, -0.15) is 0 Å². The minimum atomic E-state index is 0.101. The lowest BCUT2D eigenvalue weighted by atomic mass is 10.1. The van der Waals surface area contributed by atoms with Crippen LogP contribution in [0.25, 0.3) is 0 Å². The monoisotopic (exact) mass is 261 g/mol. The van der Waals surface area contributed by atoms with Crippen LogP contribution in [0.3, 0.4) is 0 Å². The molecule has 0 aromatic heterocycles. The van der Waals surface area contributed by atoms with Crippen LogP contribution < -0.4 is 5.32 Å². The minimum absolute atomic E-state index is 0.101. The van der Waals surface area contributed by atoms with E-state index in [0.717, 1.165) is 25.3 Å². The van der Waals surface area contributed by atoms with Crippen LogP contribution in [0.2, 0.25) is 0 Å². The van der Waals surface area contributed by atoms with Gasteiger partial charge < -0.3 is 15.3 Å². The van der Waals surface area contributed by atoms with Gasteiger partial charge in [0.2, 0.25) is 0 Å². The molecule has 4 heteroatoms. The molecule has 1 fully saturated rings. The average molecular weight is 261 g/mol. The second-order valence-electron chi connectivity index (χ2n) is 5.53. The zero-order valence-corrected chi connectivity index (χ0v) is 11.8. The van der Waals surface area contributed by atoms with E-state index in [-0.39, 0.29) is 12.0 Å². The zero-order chi connectivity index (χ0) is 13.7. The highest BCUT2D eigenvalue weighted by atomic mass is 16.3. The molecule has 0 amide bonds. The molecule has 1 aliphatic rings. The van der Waals surface area contributed by atoms with Crippen LogP contribution >= 0.6 is 0 Å². The number of hydrogen-bond acceptors (Lipinski definition) is 2. The Bertz CT molecular complexity index is 424.